The molecule has 0 aromatic heterocycles. The quantitative estimate of drug-likeness (QED) is 0.755. The lowest BCUT2D eigenvalue weighted by Gasteiger charge is -2.15. The van der Waals surface area contributed by atoms with Crippen molar-refractivity contribution in [2.75, 3.05) is 0 Å². The fraction of sp³-hybridized carbons (Fsp3) is 0.308. The Hall–Kier alpha value is -1.26. The number of allylic oxidation sites excluding steroid dienone is 1. The number of hydrogen-bond donors (Lipinski definition) is 0. The van der Waals surface area contributed by atoms with Gasteiger partial charge < -0.3 is 0 Å². The highest BCUT2D eigenvalue weighted by Gasteiger charge is 2.13. The van der Waals surface area contributed by atoms with Gasteiger partial charge in [-0.05, 0) is 23.6 Å². The van der Waals surface area contributed by atoms with Gasteiger partial charge in [0.15, 0.2) is 0 Å². The van der Waals surface area contributed by atoms with Crippen molar-refractivity contribution in [3.63, 3.8) is 0 Å². The van der Waals surface area contributed by atoms with E-state index in [9.17, 15) is 0 Å². The highest BCUT2D eigenvalue weighted by molar-refractivity contribution is 6.29. The summed E-state index contributed by atoms with van der Waals surface area (Å²) in [5.41, 5.74) is 2.92. The summed E-state index contributed by atoms with van der Waals surface area (Å²) in [6.45, 7) is 7.79. The smallest absolute Gasteiger partial charge is 0.0994 e. The molecule has 15 heavy (non-hydrogen) atoms. The summed E-state index contributed by atoms with van der Waals surface area (Å²) in [6.07, 6.45) is 0.841. The number of halogens is 1. The minimum atomic E-state index is 0.0925. The molecule has 1 nitrogen and oxygen atoms in total. The zero-order valence-corrected chi connectivity index (χ0v) is 9.80. The molecular formula is C13H14ClN. The molecule has 0 amide bonds. The molecule has 1 aromatic rings. The average Bonchev–Trinajstić information content (AvgIpc) is 2.26. The predicted molar refractivity (Wildman–Crippen MR) is 63.9 cm³/mol. The lowest BCUT2D eigenvalue weighted by atomic mass is 9.91. The first kappa shape index (κ1) is 11.8. The number of nitrogens with zero attached hydrogens (tertiary/aromatic N) is 1. The maximum absolute atomic E-state index is 8.99. The number of hydrogen-bond acceptors (Lipinski definition) is 1. The van der Waals surface area contributed by atoms with Crippen molar-refractivity contribution in [1.29, 1.82) is 5.26 Å². The van der Waals surface area contributed by atoms with Gasteiger partial charge in [0.25, 0.3) is 0 Å². The third kappa shape index (κ3) is 2.40. The van der Waals surface area contributed by atoms with Crippen LogP contribution < -0.4 is 0 Å². The first-order chi connectivity index (χ1) is 7.11. The average molecular weight is 220 g/mol. The molecule has 0 spiro atoms. The van der Waals surface area contributed by atoms with Crippen LogP contribution in [0.4, 0.5) is 0 Å². The summed E-state index contributed by atoms with van der Waals surface area (Å²) in [7, 11) is 0. The van der Waals surface area contributed by atoms with E-state index in [0.29, 0.717) is 5.03 Å². The summed E-state index contributed by atoms with van der Waals surface area (Å²) in [6, 6.07) is 7.95. The lowest BCUT2D eigenvalue weighted by Crippen LogP contribution is -2.01. The van der Waals surface area contributed by atoms with Gasteiger partial charge in [-0.3, -0.25) is 0 Å². The molecule has 1 aromatic carbocycles. The van der Waals surface area contributed by atoms with Crippen LogP contribution >= 0.6 is 11.6 Å². The van der Waals surface area contributed by atoms with Crippen LogP contribution in [0.5, 0.6) is 0 Å². The second-order valence-electron chi connectivity index (χ2n) is 3.51. The number of nitriles is 1. The third-order valence-corrected chi connectivity index (χ3v) is 2.95. The fourth-order valence-electron chi connectivity index (χ4n) is 1.68. The van der Waals surface area contributed by atoms with Gasteiger partial charge in [0.1, 0.15) is 0 Å². The van der Waals surface area contributed by atoms with Crippen LogP contribution in [0.1, 0.15) is 36.5 Å². The normalized spacial score (nSPS) is 11.9. The van der Waals surface area contributed by atoms with E-state index in [1.165, 1.54) is 0 Å². The summed E-state index contributed by atoms with van der Waals surface area (Å²) >= 11 is 5.91. The Labute approximate surface area is 96.0 Å². The SMILES string of the molecule is C=C(Cl)C(C)c1cccc(C#N)c1CC. The highest BCUT2D eigenvalue weighted by atomic mass is 35.5. The Morgan fingerprint density at radius 3 is 2.73 bits per heavy atom. The molecular weight excluding hydrogens is 206 g/mol. The molecule has 0 aliphatic heterocycles. The summed E-state index contributed by atoms with van der Waals surface area (Å²) < 4.78 is 0. The van der Waals surface area contributed by atoms with Crippen LogP contribution in [-0.4, -0.2) is 0 Å². The Morgan fingerprint density at radius 1 is 1.60 bits per heavy atom. The Balaban J connectivity index is 3.30. The van der Waals surface area contributed by atoms with Gasteiger partial charge in [-0.25, -0.2) is 0 Å². The monoisotopic (exact) mass is 219 g/mol. The Kier molecular flexibility index (Phi) is 3.94. The van der Waals surface area contributed by atoms with Crippen molar-refractivity contribution in [2.45, 2.75) is 26.2 Å². The van der Waals surface area contributed by atoms with E-state index in [1.54, 1.807) is 0 Å². The van der Waals surface area contributed by atoms with E-state index in [0.717, 1.165) is 23.1 Å². The molecule has 0 N–H and O–H groups in total. The molecule has 0 saturated heterocycles. The Bertz CT molecular complexity index is 415. The molecule has 0 aliphatic carbocycles. The zero-order chi connectivity index (χ0) is 11.4. The molecule has 78 valence electrons. The first-order valence-electron chi connectivity index (χ1n) is 4.98. The molecule has 0 fully saturated rings. The van der Waals surface area contributed by atoms with Gasteiger partial charge in [-0.15, -0.1) is 0 Å². The minimum Gasteiger partial charge on any atom is -0.192 e. The molecule has 0 saturated carbocycles. The summed E-state index contributed by atoms with van der Waals surface area (Å²) in [5, 5.41) is 9.60. The van der Waals surface area contributed by atoms with Crippen molar-refractivity contribution in [1.82, 2.24) is 0 Å². The van der Waals surface area contributed by atoms with Gasteiger partial charge in [-0.1, -0.05) is 44.2 Å². The number of benzene rings is 1. The molecule has 0 radical (unpaired) electrons. The predicted octanol–water partition coefficient (Wildman–Crippen LogP) is 3.98. The maximum atomic E-state index is 8.99. The van der Waals surface area contributed by atoms with Crippen molar-refractivity contribution in [3.05, 3.63) is 46.5 Å². The third-order valence-electron chi connectivity index (χ3n) is 2.62. The van der Waals surface area contributed by atoms with Crippen LogP contribution in [0.15, 0.2) is 29.8 Å². The lowest BCUT2D eigenvalue weighted by molar-refractivity contribution is 0.913. The van der Waals surface area contributed by atoms with E-state index in [-0.39, 0.29) is 5.92 Å². The van der Waals surface area contributed by atoms with E-state index in [1.807, 2.05) is 32.0 Å². The van der Waals surface area contributed by atoms with Gasteiger partial charge in [-0.2, -0.15) is 5.26 Å². The summed E-state index contributed by atoms with van der Waals surface area (Å²) in [5.74, 6) is 0.0925. The molecule has 0 bridgehead atoms. The van der Waals surface area contributed by atoms with Crippen molar-refractivity contribution in [3.8, 4) is 6.07 Å². The van der Waals surface area contributed by atoms with Crippen molar-refractivity contribution < 1.29 is 0 Å². The van der Waals surface area contributed by atoms with E-state index < -0.39 is 0 Å². The number of rotatable bonds is 3. The minimum absolute atomic E-state index is 0.0925. The molecule has 1 unspecified atom stereocenters. The Morgan fingerprint density at radius 2 is 2.27 bits per heavy atom. The second-order valence-corrected chi connectivity index (χ2v) is 3.99. The second kappa shape index (κ2) is 5.00. The van der Waals surface area contributed by atoms with Crippen LogP contribution in [0.3, 0.4) is 0 Å². The largest absolute Gasteiger partial charge is 0.192 e. The molecule has 0 aliphatic rings. The van der Waals surface area contributed by atoms with E-state index in [4.69, 9.17) is 16.9 Å². The fourth-order valence-corrected chi connectivity index (χ4v) is 1.80. The van der Waals surface area contributed by atoms with Gasteiger partial charge in [0, 0.05) is 11.0 Å². The van der Waals surface area contributed by atoms with Crippen LogP contribution in [0, 0.1) is 11.3 Å². The van der Waals surface area contributed by atoms with Gasteiger partial charge in [0.2, 0.25) is 0 Å². The van der Waals surface area contributed by atoms with E-state index in [2.05, 4.69) is 12.6 Å². The molecule has 1 atom stereocenters. The van der Waals surface area contributed by atoms with Gasteiger partial charge in [0.05, 0.1) is 11.6 Å². The molecule has 1 rings (SSSR count). The maximum Gasteiger partial charge on any atom is 0.0994 e. The van der Waals surface area contributed by atoms with Gasteiger partial charge >= 0.3 is 0 Å². The van der Waals surface area contributed by atoms with Crippen molar-refractivity contribution >= 4 is 11.6 Å². The highest BCUT2D eigenvalue weighted by Crippen LogP contribution is 2.29. The zero-order valence-electron chi connectivity index (χ0n) is 9.05. The topological polar surface area (TPSA) is 23.8 Å². The van der Waals surface area contributed by atoms with Crippen LogP contribution in [0.25, 0.3) is 0 Å². The summed E-state index contributed by atoms with van der Waals surface area (Å²) in [4.78, 5) is 0. The van der Waals surface area contributed by atoms with Crippen molar-refractivity contribution in [2.24, 2.45) is 0 Å². The molecule has 2 heteroatoms. The first-order valence-corrected chi connectivity index (χ1v) is 5.35. The van der Waals surface area contributed by atoms with Crippen LogP contribution in [-0.2, 0) is 6.42 Å². The van der Waals surface area contributed by atoms with E-state index >= 15 is 0 Å². The molecule has 0 heterocycles. The van der Waals surface area contributed by atoms with Crippen LogP contribution in [0.2, 0.25) is 0 Å². The standard InChI is InChI=1S/C13H14ClN/c1-4-12-11(8-15)6-5-7-13(12)9(2)10(3)14/h5-7,9H,3-4H2,1-2H3.